The topological polar surface area (TPSA) is 59.4 Å². The fraction of sp³-hybridized carbons (Fsp3) is 0.118. The largest absolute Gasteiger partial charge is 0.346 e. The molecule has 5 nitrogen and oxygen atoms in total. The molecular weight excluding hydrogens is 274 g/mol. The number of rotatable bonds is 3. The van der Waals surface area contributed by atoms with E-state index in [9.17, 15) is 0 Å². The fourth-order valence-electron chi connectivity index (χ4n) is 2.70. The van der Waals surface area contributed by atoms with Crippen LogP contribution in [0, 0.1) is 0 Å². The minimum atomic E-state index is 0.833. The van der Waals surface area contributed by atoms with Gasteiger partial charge in [0.1, 0.15) is 11.3 Å². The van der Waals surface area contributed by atoms with Crippen molar-refractivity contribution in [2.75, 3.05) is 0 Å². The zero-order valence-electron chi connectivity index (χ0n) is 12.2. The van der Waals surface area contributed by atoms with Gasteiger partial charge in [-0.15, -0.1) is 0 Å². The van der Waals surface area contributed by atoms with Gasteiger partial charge in [-0.3, -0.25) is 9.67 Å². The number of aryl methyl sites for hydroxylation is 1. The summed E-state index contributed by atoms with van der Waals surface area (Å²) in [7, 11) is 0. The lowest BCUT2D eigenvalue weighted by atomic mass is 10.0. The second-order valence-electron chi connectivity index (χ2n) is 5.08. The van der Waals surface area contributed by atoms with E-state index in [1.54, 1.807) is 12.4 Å². The number of pyridine rings is 2. The van der Waals surface area contributed by atoms with Crippen LogP contribution in [0.4, 0.5) is 0 Å². The van der Waals surface area contributed by atoms with Crippen LogP contribution in [0.1, 0.15) is 6.92 Å². The molecular formula is C17H15N5. The summed E-state index contributed by atoms with van der Waals surface area (Å²) >= 11 is 0. The highest BCUT2D eigenvalue weighted by atomic mass is 15.3. The maximum atomic E-state index is 4.72. The zero-order valence-corrected chi connectivity index (χ0v) is 12.2. The van der Waals surface area contributed by atoms with Crippen molar-refractivity contribution in [2.24, 2.45) is 0 Å². The average Bonchev–Trinajstić information content (AvgIpc) is 3.22. The highest BCUT2D eigenvalue weighted by molar-refractivity contribution is 5.96. The van der Waals surface area contributed by atoms with Crippen molar-refractivity contribution in [1.29, 1.82) is 0 Å². The third-order valence-corrected chi connectivity index (χ3v) is 3.79. The van der Waals surface area contributed by atoms with E-state index in [1.165, 1.54) is 0 Å². The third kappa shape index (κ3) is 1.98. The van der Waals surface area contributed by atoms with Crippen molar-refractivity contribution in [1.82, 2.24) is 24.7 Å². The number of nitrogens with zero attached hydrogens (tertiary/aromatic N) is 4. The Bertz CT molecular complexity index is 921. The molecule has 0 fully saturated rings. The summed E-state index contributed by atoms with van der Waals surface area (Å²) in [5, 5.41) is 5.83. The Morgan fingerprint density at radius 2 is 1.91 bits per heavy atom. The quantitative estimate of drug-likeness (QED) is 0.628. The molecule has 0 atom stereocenters. The van der Waals surface area contributed by atoms with Gasteiger partial charge in [0, 0.05) is 54.0 Å². The molecule has 1 N–H and O–H groups in total. The van der Waals surface area contributed by atoms with E-state index in [4.69, 9.17) is 5.10 Å². The predicted molar refractivity (Wildman–Crippen MR) is 86.2 cm³/mol. The Kier molecular flexibility index (Phi) is 2.96. The first-order valence-corrected chi connectivity index (χ1v) is 7.27. The molecule has 0 bridgehead atoms. The molecule has 0 saturated heterocycles. The van der Waals surface area contributed by atoms with Gasteiger partial charge >= 0.3 is 0 Å². The van der Waals surface area contributed by atoms with Gasteiger partial charge in [0.25, 0.3) is 0 Å². The summed E-state index contributed by atoms with van der Waals surface area (Å²) in [5.74, 6) is 0. The van der Waals surface area contributed by atoms with Gasteiger partial charge < -0.3 is 4.98 Å². The molecule has 22 heavy (non-hydrogen) atoms. The van der Waals surface area contributed by atoms with Gasteiger partial charge in [-0.05, 0) is 36.8 Å². The van der Waals surface area contributed by atoms with Crippen LogP contribution in [-0.4, -0.2) is 24.7 Å². The zero-order chi connectivity index (χ0) is 14.9. The highest BCUT2D eigenvalue weighted by Gasteiger charge is 2.15. The SMILES string of the molecule is CCn1cc(-c2ccnc3[nH]ccc23)c(-c2ccncc2)n1. The normalized spacial score (nSPS) is 11.1. The molecule has 4 rings (SSSR count). The standard InChI is InChI=1S/C17H15N5/c1-2-22-11-15(16(21-22)12-3-7-18-8-4-12)13-5-9-19-17-14(13)6-10-20-17/h3-11H,2H2,1H3,(H,19,20). The first-order valence-electron chi connectivity index (χ1n) is 7.27. The summed E-state index contributed by atoms with van der Waals surface area (Å²) < 4.78 is 1.96. The van der Waals surface area contributed by atoms with Gasteiger partial charge in [-0.25, -0.2) is 4.98 Å². The van der Waals surface area contributed by atoms with E-state index in [0.717, 1.165) is 40.0 Å². The summed E-state index contributed by atoms with van der Waals surface area (Å²) in [5.41, 5.74) is 5.18. The number of fused-ring (bicyclic) bond motifs is 1. The van der Waals surface area contributed by atoms with E-state index >= 15 is 0 Å². The Hall–Kier alpha value is -2.95. The molecule has 0 aliphatic rings. The van der Waals surface area contributed by atoms with E-state index in [-0.39, 0.29) is 0 Å². The van der Waals surface area contributed by atoms with Crippen molar-refractivity contribution in [2.45, 2.75) is 13.5 Å². The van der Waals surface area contributed by atoms with Crippen molar-refractivity contribution in [3.63, 3.8) is 0 Å². The van der Waals surface area contributed by atoms with Crippen LogP contribution in [0.15, 0.2) is 55.2 Å². The highest BCUT2D eigenvalue weighted by Crippen LogP contribution is 2.34. The molecule has 0 spiro atoms. The summed E-state index contributed by atoms with van der Waals surface area (Å²) in [6, 6.07) is 8.07. The average molecular weight is 289 g/mol. The molecule has 0 amide bonds. The number of aromatic amines is 1. The second kappa shape index (κ2) is 5.11. The molecule has 4 aromatic rings. The molecule has 4 heterocycles. The van der Waals surface area contributed by atoms with Crippen molar-refractivity contribution in [3.05, 3.63) is 55.2 Å². The van der Waals surface area contributed by atoms with Gasteiger partial charge in [-0.1, -0.05) is 0 Å². The van der Waals surface area contributed by atoms with Gasteiger partial charge in [0.2, 0.25) is 0 Å². The Balaban J connectivity index is 1.99. The minimum Gasteiger partial charge on any atom is -0.346 e. The van der Waals surface area contributed by atoms with E-state index in [2.05, 4.69) is 34.1 Å². The third-order valence-electron chi connectivity index (χ3n) is 3.79. The molecule has 0 aliphatic heterocycles. The minimum absolute atomic E-state index is 0.833. The maximum Gasteiger partial charge on any atom is 0.137 e. The van der Waals surface area contributed by atoms with E-state index < -0.39 is 0 Å². The van der Waals surface area contributed by atoms with Crippen LogP contribution in [0.5, 0.6) is 0 Å². The van der Waals surface area contributed by atoms with Gasteiger partial charge in [-0.2, -0.15) is 5.10 Å². The summed E-state index contributed by atoms with van der Waals surface area (Å²) in [6.45, 7) is 2.92. The number of H-pyrrole nitrogens is 1. The van der Waals surface area contributed by atoms with E-state index in [1.807, 2.05) is 35.3 Å². The Morgan fingerprint density at radius 3 is 2.73 bits per heavy atom. The van der Waals surface area contributed by atoms with Gasteiger partial charge in [0.15, 0.2) is 0 Å². The molecule has 5 heteroatoms. The number of hydrogen-bond acceptors (Lipinski definition) is 3. The van der Waals surface area contributed by atoms with Gasteiger partial charge in [0.05, 0.1) is 0 Å². The second-order valence-corrected chi connectivity index (χ2v) is 5.08. The van der Waals surface area contributed by atoms with Crippen LogP contribution >= 0.6 is 0 Å². The molecule has 0 aromatic carbocycles. The number of nitrogens with one attached hydrogen (secondary N) is 1. The molecule has 108 valence electrons. The van der Waals surface area contributed by atoms with Crippen molar-refractivity contribution >= 4 is 11.0 Å². The number of hydrogen-bond donors (Lipinski definition) is 1. The fourth-order valence-corrected chi connectivity index (χ4v) is 2.70. The monoisotopic (exact) mass is 289 g/mol. The van der Waals surface area contributed by atoms with Crippen LogP contribution < -0.4 is 0 Å². The first-order chi connectivity index (χ1) is 10.9. The lowest BCUT2D eigenvalue weighted by molar-refractivity contribution is 0.662. The smallest absolute Gasteiger partial charge is 0.137 e. The van der Waals surface area contributed by atoms with Crippen LogP contribution in [0.2, 0.25) is 0 Å². The van der Waals surface area contributed by atoms with E-state index in [0.29, 0.717) is 0 Å². The molecule has 0 unspecified atom stereocenters. The lowest BCUT2D eigenvalue weighted by Crippen LogP contribution is -1.93. The molecule has 4 aromatic heterocycles. The maximum absolute atomic E-state index is 4.72. The summed E-state index contributed by atoms with van der Waals surface area (Å²) in [6.07, 6.45) is 9.42. The Labute approximate surface area is 127 Å². The molecule has 0 aliphatic carbocycles. The lowest BCUT2D eigenvalue weighted by Gasteiger charge is -2.04. The number of aromatic nitrogens is 5. The first kappa shape index (κ1) is 12.8. The Morgan fingerprint density at radius 1 is 1.05 bits per heavy atom. The van der Waals surface area contributed by atoms with Crippen molar-refractivity contribution in [3.8, 4) is 22.4 Å². The van der Waals surface area contributed by atoms with Crippen LogP contribution in [0.25, 0.3) is 33.4 Å². The van der Waals surface area contributed by atoms with Crippen LogP contribution in [-0.2, 0) is 6.54 Å². The molecule has 0 radical (unpaired) electrons. The predicted octanol–water partition coefficient (Wildman–Crippen LogP) is 3.51. The molecule has 0 saturated carbocycles. The summed E-state index contributed by atoms with van der Waals surface area (Å²) in [4.78, 5) is 11.6. The van der Waals surface area contributed by atoms with Crippen LogP contribution in [0.3, 0.4) is 0 Å². The van der Waals surface area contributed by atoms with Crippen molar-refractivity contribution < 1.29 is 0 Å².